The molecule has 0 spiro atoms. The standard InChI is InChI=1S/C11H15BO/c1-8(2)6-9-7-10(13-3)4-5-11(9)12/h4-7H,12H2,1-3H3. The lowest BCUT2D eigenvalue weighted by molar-refractivity contribution is 0.415. The molecular formula is C11H15BO. The fraction of sp³-hybridized carbons (Fsp3) is 0.273. The highest BCUT2D eigenvalue weighted by molar-refractivity contribution is 6.34. The maximum absolute atomic E-state index is 5.16. The predicted octanol–water partition coefficient (Wildman–Crippen LogP) is 1.38. The van der Waals surface area contributed by atoms with Crippen LogP contribution in [0.25, 0.3) is 6.08 Å². The van der Waals surface area contributed by atoms with E-state index in [4.69, 9.17) is 4.74 Å². The number of benzene rings is 1. The van der Waals surface area contributed by atoms with Gasteiger partial charge in [-0.2, -0.15) is 0 Å². The normalized spacial score (nSPS) is 9.46. The molecule has 1 nitrogen and oxygen atoms in total. The molecule has 0 heterocycles. The van der Waals surface area contributed by atoms with Gasteiger partial charge >= 0.3 is 0 Å². The molecule has 13 heavy (non-hydrogen) atoms. The van der Waals surface area contributed by atoms with Crippen LogP contribution in [0.5, 0.6) is 5.75 Å². The van der Waals surface area contributed by atoms with E-state index in [1.807, 2.05) is 6.07 Å². The van der Waals surface area contributed by atoms with Crippen LogP contribution < -0.4 is 10.2 Å². The van der Waals surface area contributed by atoms with Gasteiger partial charge in [0.15, 0.2) is 0 Å². The van der Waals surface area contributed by atoms with Crippen LogP contribution in [0.15, 0.2) is 23.8 Å². The average Bonchev–Trinajstić information content (AvgIpc) is 2.08. The first-order valence-electron chi connectivity index (χ1n) is 4.43. The van der Waals surface area contributed by atoms with Crippen molar-refractivity contribution in [3.63, 3.8) is 0 Å². The van der Waals surface area contributed by atoms with Crippen LogP contribution in [0.4, 0.5) is 0 Å². The van der Waals surface area contributed by atoms with Crippen molar-refractivity contribution in [2.75, 3.05) is 7.11 Å². The lowest BCUT2D eigenvalue weighted by Gasteiger charge is -2.05. The summed E-state index contributed by atoms with van der Waals surface area (Å²) < 4.78 is 5.16. The number of hydrogen-bond acceptors (Lipinski definition) is 1. The molecule has 0 aliphatic carbocycles. The van der Waals surface area contributed by atoms with Gasteiger partial charge in [-0.05, 0) is 31.5 Å². The van der Waals surface area contributed by atoms with Crippen molar-refractivity contribution >= 4 is 19.4 Å². The molecule has 0 bridgehead atoms. The summed E-state index contributed by atoms with van der Waals surface area (Å²) in [4.78, 5) is 0. The molecule has 1 aromatic rings. The Bertz CT molecular complexity index is 325. The second-order valence-electron chi connectivity index (χ2n) is 3.44. The van der Waals surface area contributed by atoms with E-state index in [2.05, 4.69) is 39.9 Å². The van der Waals surface area contributed by atoms with Gasteiger partial charge in [0.1, 0.15) is 13.6 Å². The summed E-state index contributed by atoms with van der Waals surface area (Å²) in [6.07, 6.45) is 2.16. The number of rotatable bonds is 2. The van der Waals surface area contributed by atoms with Crippen molar-refractivity contribution in [3.05, 3.63) is 29.3 Å². The van der Waals surface area contributed by atoms with Gasteiger partial charge < -0.3 is 4.74 Å². The minimum Gasteiger partial charge on any atom is -0.497 e. The van der Waals surface area contributed by atoms with E-state index in [1.165, 1.54) is 16.6 Å². The van der Waals surface area contributed by atoms with Gasteiger partial charge in [-0.15, -0.1) is 0 Å². The minimum absolute atomic E-state index is 0.915. The molecule has 0 radical (unpaired) electrons. The van der Waals surface area contributed by atoms with Crippen molar-refractivity contribution in [1.29, 1.82) is 0 Å². The Labute approximate surface area is 80.8 Å². The summed E-state index contributed by atoms with van der Waals surface area (Å²) in [5, 5.41) is 0. The first-order chi connectivity index (χ1) is 6.13. The Kier molecular flexibility index (Phi) is 3.18. The van der Waals surface area contributed by atoms with E-state index in [-0.39, 0.29) is 0 Å². The summed E-state index contributed by atoms with van der Waals surface area (Å²) >= 11 is 0. The average molecular weight is 174 g/mol. The predicted molar refractivity (Wildman–Crippen MR) is 60.5 cm³/mol. The fourth-order valence-corrected chi connectivity index (χ4v) is 1.21. The summed E-state index contributed by atoms with van der Waals surface area (Å²) in [5.41, 5.74) is 3.82. The van der Waals surface area contributed by atoms with E-state index in [1.54, 1.807) is 7.11 Å². The van der Waals surface area contributed by atoms with Crippen LogP contribution >= 0.6 is 0 Å². The fourth-order valence-electron chi connectivity index (χ4n) is 1.21. The molecular weight excluding hydrogens is 159 g/mol. The molecule has 0 saturated carbocycles. The highest BCUT2D eigenvalue weighted by atomic mass is 16.5. The highest BCUT2D eigenvalue weighted by Gasteiger charge is 1.97. The summed E-state index contributed by atoms with van der Waals surface area (Å²) in [6, 6.07) is 6.12. The largest absolute Gasteiger partial charge is 0.497 e. The van der Waals surface area contributed by atoms with Crippen LogP contribution in [0.1, 0.15) is 19.4 Å². The van der Waals surface area contributed by atoms with E-state index in [9.17, 15) is 0 Å². The quantitative estimate of drug-likeness (QED) is 0.615. The van der Waals surface area contributed by atoms with E-state index < -0.39 is 0 Å². The Morgan fingerprint density at radius 3 is 2.62 bits per heavy atom. The van der Waals surface area contributed by atoms with Crippen LogP contribution in [-0.2, 0) is 0 Å². The molecule has 0 amide bonds. The molecule has 0 aliphatic rings. The second-order valence-corrected chi connectivity index (χ2v) is 3.44. The molecule has 0 fully saturated rings. The zero-order chi connectivity index (χ0) is 9.84. The van der Waals surface area contributed by atoms with E-state index in [0.717, 1.165) is 5.75 Å². The lowest BCUT2D eigenvalue weighted by Crippen LogP contribution is -2.06. The molecule has 1 aromatic carbocycles. The Morgan fingerprint density at radius 2 is 2.08 bits per heavy atom. The summed E-state index contributed by atoms with van der Waals surface area (Å²) in [7, 11) is 3.80. The third-order valence-electron chi connectivity index (χ3n) is 1.93. The van der Waals surface area contributed by atoms with Gasteiger partial charge in [-0.3, -0.25) is 0 Å². The zero-order valence-corrected chi connectivity index (χ0v) is 8.72. The number of ether oxygens (including phenoxy) is 1. The molecule has 1 rings (SSSR count). The number of hydrogen-bond donors (Lipinski definition) is 0. The Balaban J connectivity index is 3.11. The third-order valence-corrected chi connectivity index (χ3v) is 1.93. The first kappa shape index (κ1) is 9.91. The van der Waals surface area contributed by atoms with E-state index in [0.29, 0.717) is 0 Å². The SMILES string of the molecule is Bc1ccc(OC)cc1C=C(C)C. The Hall–Kier alpha value is -1.18. The summed E-state index contributed by atoms with van der Waals surface area (Å²) in [6.45, 7) is 4.19. The van der Waals surface area contributed by atoms with Crippen molar-refractivity contribution in [2.45, 2.75) is 13.8 Å². The second kappa shape index (κ2) is 4.17. The van der Waals surface area contributed by atoms with Gasteiger partial charge in [-0.25, -0.2) is 0 Å². The Morgan fingerprint density at radius 1 is 1.38 bits per heavy atom. The van der Waals surface area contributed by atoms with Gasteiger partial charge in [0, 0.05) is 0 Å². The maximum atomic E-state index is 5.16. The monoisotopic (exact) mass is 174 g/mol. The van der Waals surface area contributed by atoms with Crippen molar-refractivity contribution < 1.29 is 4.74 Å². The van der Waals surface area contributed by atoms with Crippen LogP contribution in [-0.4, -0.2) is 15.0 Å². The van der Waals surface area contributed by atoms with Gasteiger partial charge in [-0.1, -0.05) is 23.2 Å². The smallest absolute Gasteiger partial charge is 0.140 e. The topological polar surface area (TPSA) is 9.23 Å². The molecule has 2 heteroatoms. The van der Waals surface area contributed by atoms with Crippen molar-refractivity contribution in [3.8, 4) is 5.75 Å². The number of methoxy groups -OCH3 is 1. The van der Waals surface area contributed by atoms with Crippen LogP contribution in [0, 0.1) is 0 Å². The summed E-state index contributed by atoms with van der Waals surface area (Å²) in [5.74, 6) is 0.915. The van der Waals surface area contributed by atoms with Crippen LogP contribution in [0.2, 0.25) is 0 Å². The van der Waals surface area contributed by atoms with E-state index >= 15 is 0 Å². The molecule has 0 N–H and O–H groups in total. The molecule has 68 valence electrons. The molecule has 0 aromatic heterocycles. The zero-order valence-electron chi connectivity index (χ0n) is 8.72. The molecule has 0 atom stereocenters. The number of allylic oxidation sites excluding steroid dienone is 1. The van der Waals surface area contributed by atoms with Crippen LogP contribution in [0.3, 0.4) is 0 Å². The van der Waals surface area contributed by atoms with Gasteiger partial charge in [0.2, 0.25) is 0 Å². The first-order valence-corrected chi connectivity index (χ1v) is 4.43. The molecule has 0 aliphatic heterocycles. The molecule has 0 unspecified atom stereocenters. The van der Waals surface area contributed by atoms with Crippen molar-refractivity contribution in [1.82, 2.24) is 0 Å². The lowest BCUT2D eigenvalue weighted by atomic mass is 9.89. The third kappa shape index (κ3) is 2.65. The van der Waals surface area contributed by atoms with Gasteiger partial charge in [0.25, 0.3) is 0 Å². The highest BCUT2D eigenvalue weighted by Crippen LogP contribution is 2.12. The maximum Gasteiger partial charge on any atom is 0.140 e. The van der Waals surface area contributed by atoms with Gasteiger partial charge in [0.05, 0.1) is 7.11 Å². The molecule has 0 saturated heterocycles. The minimum atomic E-state index is 0.915. The van der Waals surface area contributed by atoms with Crippen molar-refractivity contribution in [2.24, 2.45) is 0 Å².